The molecule has 146 valence electrons. The molecular weight excluding hydrogens is 316 g/mol. The molecule has 1 rings (SSSR count). The van der Waals surface area contributed by atoms with E-state index >= 15 is 0 Å². The van der Waals surface area contributed by atoms with Crippen molar-refractivity contribution in [3.05, 3.63) is 0 Å². The van der Waals surface area contributed by atoms with Gasteiger partial charge in [-0.3, -0.25) is 4.79 Å². The van der Waals surface area contributed by atoms with Crippen LogP contribution in [-0.2, 0) is 19.1 Å². The highest BCUT2D eigenvalue weighted by atomic mass is 16.6. The van der Waals surface area contributed by atoms with E-state index in [4.69, 9.17) is 9.47 Å². The van der Waals surface area contributed by atoms with Crippen molar-refractivity contribution in [1.29, 1.82) is 0 Å². The van der Waals surface area contributed by atoms with Crippen LogP contribution in [0, 0.1) is 11.8 Å². The number of ketones is 1. The van der Waals surface area contributed by atoms with Crippen molar-refractivity contribution in [1.82, 2.24) is 0 Å². The minimum absolute atomic E-state index is 0.119. The van der Waals surface area contributed by atoms with Crippen molar-refractivity contribution in [2.75, 3.05) is 0 Å². The Labute approximate surface area is 154 Å². The number of carbonyl (C=O) groups excluding carboxylic acids is 2. The summed E-state index contributed by atoms with van der Waals surface area (Å²) >= 11 is 0. The van der Waals surface area contributed by atoms with Crippen molar-refractivity contribution in [2.45, 2.75) is 111 Å². The lowest BCUT2D eigenvalue weighted by molar-refractivity contribution is -0.179. The van der Waals surface area contributed by atoms with Crippen molar-refractivity contribution in [3.63, 3.8) is 0 Å². The third-order valence-electron chi connectivity index (χ3n) is 6.02. The lowest BCUT2D eigenvalue weighted by atomic mass is 9.73. The van der Waals surface area contributed by atoms with Gasteiger partial charge in [0, 0.05) is 5.92 Å². The van der Waals surface area contributed by atoms with E-state index in [1.807, 2.05) is 20.8 Å². The van der Waals surface area contributed by atoms with Crippen LogP contribution >= 0.6 is 0 Å². The first-order valence-corrected chi connectivity index (χ1v) is 9.83. The van der Waals surface area contributed by atoms with Crippen LogP contribution in [0.5, 0.6) is 0 Å². The molecule has 0 aromatic rings. The number of rotatable bonds is 8. The average Bonchev–Trinajstić information content (AvgIpc) is 2.52. The fourth-order valence-corrected chi connectivity index (χ4v) is 3.52. The largest absolute Gasteiger partial charge is 0.454 e. The third kappa shape index (κ3) is 6.09. The second-order valence-electron chi connectivity index (χ2n) is 9.11. The monoisotopic (exact) mass is 354 g/mol. The SMILES string of the molecule is CCC(C)C(=O)C(=O)OC(C)(C)C1CCC(C)(OC(C)(C)CC)CC1. The zero-order chi connectivity index (χ0) is 19.5. The highest BCUT2D eigenvalue weighted by molar-refractivity contribution is 6.34. The molecule has 0 aliphatic heterocycles. The van der Waals surface area contributed by atoms with Gasteiger partial charge in [-0.15, -0.1) is 0 Å². The van der Waals surface area contributed by atoms with Gasteiger partial charge in [0.2, 0.25) is 5.78 Å². The Kier molecular flexibility index (Phi) is 7.26. The van der Waals surface area contributed by atoms with Gasteiger partial charge in [-0.25, -0.2) is 4.79 Å². The Morgan fingerprint density at radius 1 is 1.12 bits per heavy atom. The van der Waals surface area contributed by atoms with Crippen molar-refractivity contribution < 1.29 is 19.1 Å². The van der Waals surface area contributed by atoms with Gasteiger partial charge in [0.05, 0.1) is 11.2 Å². The van der Waals surface area contributed by atoms with Crippen LogP contribution in [0.2, 0.25) is 0 Å². The van der Waals surface area contributed by atoms with Crippen LogP contribution in [0.4, 0.5) is 0 Å². The van der Waals surface area contributed by atoms with Crippen molar-refractivity contribution in [3.8, 4) is 0 Å². The molecule has 1 aliphatic rings. The van der Waals surface area contributed by atoms with Crippen LogP contribution in [0.1, 0.15) is 93.9 Å². The van der Waals surface area contributed by atoms with Gasteiger partial charge in [-0.2, -0.15) is 0 Å². The van der Waals surface area contributed by atoms with E-state index < -0.39 is 17.4 Å². The molecule has 1 saturated carbocycles. The van der Waals surface area contributed by atoms with E-state index in [9.17, 15) is 9.59 Å². The van der Waals surface area contributed by atoms with Gasteiger partial charge in [-0.05, 0) is 79.1 Å². The van der Waals surface area contributed by atoms with E-state index in [1.165, 1.54) is 0 Å². The smallest absolute Gasteiger partial charge is 0.375 e. The van der Waals surface area contributed by atoms with E-state index in [0.717, 1.165) is 32.1 Å². The molecule has 0 aromatic carbocycles. The molecule has 0 aromatic heterocycles. The lowest BCUT2D eigenvalue weighted by Crippen LogP contribution is -2.46. The van der Waals surface area contributed by atoms with Crippen LogP contribution < -0.4 is 0 Å². The second-order valence-corrected chi connectivity index (χ2v) is 9.11. The average molecular weight is 355 g/mol. The Bertz CT molecular complexity index is 470. The molecule has 4 heteroatoms. The number of hydrogen-bond acceptors (Lipinski definition) is 4. The summed E-state index contributed by atoms with van der Waals surface area (Å²) in [4.78, 5) is 24.2. The molecule has 0 heterocycles. The summed E-state index contributed by atoms with van der Waals surface area (Å²) in [5, 5.41) is 0. The summed E-state index contributed by atoms with van der Waals surface area (Å²) in [6.07, 6.45) is 5.40. The number of hydrogen-bond donors (Lipinski definition) is 0. The van der Waals surface area contributed by atoms with Gasteiger partial charge in [0.25, 0.3) is 0 Å². The molecule has 0 radical (unpaired) electrons. The molecule has 0 spiro atoms. The third-order valence-corrected chi connectivity index (χ3v) is 6.02. The van der Waals surface area contributed by atoms with E-state index in [-0.39, 0.29) is 23.0 Å². The number of Topliss-reactive ketones (excluding diaryl/α,β-unsaturated/α-hetero) is 1. The predicted octanol–water partition coefficient (Wildman–Crippen LogP) is 5.08. The molecule has 1 unspecified atom stereocenters. The maximum absolute atomic E-state index is 12.2. The Morgan fingerprint density at radius 2 is 1.64 bits per heavy atom. The summed E-state index contributed by atoms with van der Waals surface area (Å²) in [5.74, 6) is -1.12. The summed E-state index contributed by atoms with van der Waals surface area (Å²) < 4.78 is 12.0. The van der Waals surface area contributed by atoms with Crippen LogP contribution in [0.25, 0.3) is 0 Å². The zero-order valence-corrected chi connectivity index (χ0v) is 17.5. The highest BCUT2D eigenvalue weighted by Crippen LogP contribution is 2.42. The van der Waals surface area contributed by atoms with Crippen LogP contribution in [0.3, 0.4) is 0 Å². The van der Waals surface area contributed by atoms with E-state index in [0.29, 0.717) is 6.42 Å². The van der Waals surface area contributed by atoms with Crippen LogP contribution in [0.15, 0.2) is 0 Å². The highest BCUT2D eigenvalue weighted by Gasteiger charge is 2.43. The molecular formula is C21H38O4. The van der Waals surface area contributed by atoms with Gasteiger partial charge >= 0.3 is 5.97 Å². The van der Waals surface area contributed by atoms with Crippen molar-refractivity contribution in [2.24, 2.45) is 11.8 Å². The topological polar surface area (TPSA) is 52.6 Å². The van der Waals surface area contributed by atoms with Gasteiger partial charge in [0.1, 0.15) is 5.60 Å². The lowest BCUT2D eigenvalue weighted by Gasteiger charge is -2.45. The maximum atomic E-state index is 12.2. The standard InChI is InChI=1S/C21H38O4/c1-9-15(3)17(22)18(23)24-20(6,7)16-11-13-21(8,14-12-16)25-19(4,5)10-2/h15-16H,9-14H2,1-8H3. The molecule has 0 N–H and O–H groups in total. The summed E-state index contributed by atoms with van der Waals surface area (Å²) in [5.41, 5.74) is -0.864. The summed E-state index contributed by atoms with van der Waals surface area (Å²) in [7, 11) is 0. The summed E-state index contributed by atoms with van der Waals surface area (Å²) in [6, 6.07) is 0. The van der Waals surface area contributed by atoms with Gasteiger partial charge in [-0.1, -0.05) is 20.8 Å². The minimum Gasteiger partial charge on any atom is -0.454 e. The predicted molar refractivity (Wildman–Crippen MR) is 100 cm³/mol. The molecule has 1 atom stereocenters. The fourth-order valence-electron chi connectivity index (χ4n) is 3.52. The molecule has 25 heavy (non-hydrogen) atoms. The van der Waals surface area contributed by atoms with Gasteiger partial charge < -0.3 is 9.47 Å². The first kappa shape index (κ1) is 22.1. The Morgan fingerprint density at radius 3 is 2.08 bits per heavy atom. The normalized spacial score (nSPS) is 26.2. The molecule has 1 fully saturated rings. The van der Waals surface area contributed by atoms with Crippen LogP contribution in [-0.4, -0.2) is 28.6 Å². The quantitative estimate of drug-likeness (QED) is 0.451. The fraction of sp³-hybridized carbons (Fsp3) is 0.905. The number of esters is 1. The van der Waals surface area contributed by atoms with Crippen molar-refractivity contribution >= 4 is 11.8 Å². The molecule has 0 amide bonds. The maximum Gasteiger partial charge on any atom is 0.375 e. The Hall–Kier alpha value is -0.900. The van der Waals surface area contributed by atoms with Gasteiger partial charge in [0.15, 0.2) is 0 Å². The van der Waals surface area contributed by atoms with E-state index in [1.54, 1.807) is 6.92 Å². The number of ether oxygens (including phenoxy) is 2. The zero-order valence-electron chi connectivity index (χ0n) is 17.5. The Balaban J connectivity index is 2.66. The first-order valence-electron chi connectivity index (χ1n) is 9.83. The minimum atomic E-state index is -0.684. The van der Waals surface area contributed by atoms with E-state index in [2.05, 4.69) is 27.7 Å². The molecule has 0 saturated heterocycles. The summed E-state index contributed by atoms with van der Waals surface area (Å²) in [6.45, 7) is 16.1. The molecule has 4 nitrogen and oxygen atoms in total. The first-order chi connectivity index (χ1) is 11.4. The molecule has 1 aliphatic carbocycles. The number of carbonyl (C=O) groups is 2. The second kappa shape index (κ2) is 8.20. The molecule has 0 bridgehead atoms.